The van der Waals surface area contributed by atoms with Crippen molar-refractivity contribution >= 4 is 5.69 Å². The molecule has 0 aromatic heterocycles. The third-order valence-corrected chi connectivity index (χ3v) is 3.14. The summed E-state index contributed by atoms with van der Waals surface area (Å²) in [6.07, 6.45) is 2.22. The summed E-state index contributed by atoms with van der Waals surface area (Å²) in [7, 11) is 0. The van der Waals surface area contributed by atoms with Crippen molar-refractivity contribution in [3.8, 4) is 5.75 Å². The number of hydrogen-bond acceptors (Lipinski definition) is 4. The molecule has 0 radical (unpaired) electrons. The van der Waals surface area contributed by atoms with Crippen LogP contribution >= 0.6 is 0 Å². The van der Waals surface area contributed by atoms with E-state index in [2.05, 4.69) is 10.6 Å². The van der Waals surface area contributed by atoms with Crippen molar-refractivity contribution in [3.63, 3.8) is 0 Å². The molecule has 0 bridgehead atoms. The maximum absolute atomic E-state index is 9.22. The molecule has 0 saturated carbocycles. The number of nitrogens with two attached hydrogens (primary N) is 1. The molecule has 1 aromatic rings. The lowest BCUT2D eigenvalue weighted by Crippen LogP contribution is -2.56. The van der Waals surface area contributed by atoms with Gasteiger partial charge in [-0.25, -0.2) is 0 Å². The van der Waals surface area contributed by atoms with Crippen molar-refractivity contribution in [3.05, 3.63) is 24.3 Å². The van der Waals surface area contributed by atoms with Crippen LogP contribution in [0.2, 0.25) is 0 Å². The van der Waals surface area contributed by atoms with E-state index in [4.69, 9.17) is 5.73 Å². The van der Waals surface area contributed by atoms with Crippen LogP contribution in [0.3, 0.4) is 0 Å². The molecule has 1 heterocycles. The topological polar surface area (TPSA) is 70.3 Å². The summed E-state index contributed by atoms with van der Waals surface area (Å²) in [4.78, 5) is 0. The van der Waals surface area contributed by atoms with Crippen molar-refractivity contribution in [1.29, 1.82) is 0 Å². The molecule has 1 aliphatic rings. The van der Waals surface area contributed by atoms with Crippen molar-refractivity contribution in [1.82, 2.24) is 5.32 Å². The van der Waals surface area contributed by atoms with Gasteiger partial charge in [0.2, 0.25) is 0 Å². The van der Waals surface area contributed by atoms with Gasteiger partial charge in [-0.1, -0.05) is 0 Å². The monoisotopic (exact) mass is 221 g/mol. The molecular weight excluding hydrogens is 202 g/mol. The lowest BCUT2D eigenvalue weighted by atomic mass is 9.90. The Morgan fingerprint density at radius 1 is 1.38 bits per heavy atom. The second-order valence-corrected chi connectivity index (χ2v) is 4.44. The minimum absolute atomic E-state index is 0.0464. The summed E-state index contributed by atoms with van der Waals surface area (Å²) < 4.78 is 0. The number of anilines is 1. The van der Waals surface area contributed by atoms with Crippen molar-refractivity contribution in [2.75, 3.05) is 25.0 Å². The first-order chi connectivity index (χ1) is 7.74. The molecule has 4 heteroatoms. The smallest absolute Gasteiger partial charge is 0.115 e. The van der Waals surface area contributed by atoms with E-state index in [1.165, 1.54) is 0 Å². The number of rotatable bonds is 3. The number of aromatic hydroxyl groups is 1. The van der Waals surface area contributed by atoms with Gasteiger partial charge in [-0.2, -0.15) is 0 Å². The van der Waals surface area contributed by atoms with Crippen molar-refractivity contribution in [2.45, 2.75) is 18.4 Å². The molecule has 4 nitrogen and oxygen atoms in total. The Labute approximate surface area is 95.8 Å². The lowest BCUT2D eigenvalue weighted by molar-refractivity contribution is 0.350. The molecule has 16 heavy (non-hydrogen) atoms. The predicted octanol–water partition coefficient (Wildman–Crippen LogP) is 0.885. The highest BCUT2D eigenvalue weighted by Crippen LogP contribution is 2.22. The van der Waals surface area contributed by atoms with E-state index < -0.39 is 0 Å². The quantitative estimate of drug-likeness (QED) is 0.572. The van der Waals surface area contributed by atoms with Gasteiger partial charge in [-0.3, -0.25) is 0 Å². The second kappa shape index (κ2) is 4.72. The zero-order chi connectivity index (χ0) is 11.4. The van der Waals surface area contributed by atoms with Crippen LogP contribution in [-0.2, 0) is 0 Å². The number of hydrogen-bond donors (Lipinski definition) is 4. The molecule has 5 N–H and O–H groups in total. The maximum Gasteiger partial charge on any atom is 0.115 e. The zero-order valence-electron chi connectivity index (χ0n) is 9.37. The molecule has 0 aliphatic carbocycles. The Balaban J connectivity index is 2.08. The molecule has 1 saturated heterocycles. The van der Waals surface area contributed by atoms with Gasteiger partial charge in [-0.15, -0.1) is 0 Å². The summed E-state index contributed by atoms with van der Waals surface area (Å²) in [6, 6.07) is 7.12. The lowest BCUT2D eigenvalue weighted by Gasteiger charge is -2.38. The van der Waals surface area contributed by atoms with Crippen LogP contribution in [0.15, 0.2) is 24.3 Å². The van der Waals surface area contributed by atoms with Gasteiger partial charge in [0.05, 0.1) is 5.54 Å². The molecule has 2 rings (SSSR count). The first kappa shape index (κ1) is 11.2. The predicted molar refractivity (Wildman–Crippen MR) is 65.6 cm³/mol. The fourth-order valence-electron chi connectivity index (χ4n) is 2.15. The van der Waals surface area contributed by atoms with Crippen LogP contribution in [0.25, 0.3) is 0 Å². The molecule has 1 fully saturated rings. The van der Waals surface area contributed by atoms with Crippen LogP contribution in [0.5, 0.6) is 5.75 Å². The van der Waals surface area contributed by atoms with Crippen molar-refractivity contribution in [2.24, 2.45) is 5.73 Å². The van der Waals surface area contributed by atoms with Gasteiger partial charge in [0, 0.05) is 18.8 Å². The Morgan fingerprint density at radius 3 is 2.69 bits per heavy atom. The Bertz CT molecular complexity index is 331. The second-order valence-electron chi connectivity index (χ2n) is 4.44. The highest BCUT2D eigenvalue weighted by molar-refractivity contribution is 5.48. The summed E-state index contributed by atoms with van der Waals surface area (Å²) >= 11 is 0. The Kier molecular flexibility index (Phi) is 3.31. The molecule has 0 spiro atoms. The first-order valence-corrected chi connectivity index (χ1v) is 5.72. The Morgan fingerprint density at radius 2 is 2.12 bits per heavy atom. The normalized spacial score (nSPS) is 25.3. The van der Waals surface area contributed by atoms with Gasteiger partial charge < -0.3 is 21.5 Å². The van der Waals surface area contributed by atoms with E-state index >= 15 is 0 Å². The average molecular weight is 221 g/mol. The van der Waals surface area contributed by atoms with Gasteiger partial charge in [0.1, 0.15) is 5.75 Å². The van der Waals surface area contributed by atoms with E-state index in [-0.39, 0.29) is 11.3 Å². The molecular formula is C12H19N3O. The Hall–Kier alpha value is -1.26. The van der Waals surface area contributed by atoms with E-state index in [1.807, 2.05) is 12.1 Å². The minimum Gasteiger partial charge on any atom is -0.508 e. The van der Waals surface area contributed by atoms with Gasteiger partial charge in [-0.05, 0) is 43.7 Å². The van der Waals surface area contributed by atoms with Gasteiger partial charge in [0.25, 0.3) is 0 Å². The molecule has 1 aliphatic heterocycles. The van der Waals surface area contributed by atoms with E-state index in [0.717, 1.165) is 31.6 Å². The third kappa shape index (κ3) is 2.46. The third-order valence-electron chi connectivity index (χ3n) is 3.14. The largest absolute Gasteiger partial charge is 0.508 e. The fourth-order valence-corrected chi connectivity index (χ4v) is 2.15. The molecule has 0 amide bonds. The highest BCUT2D eigenvalue weighted by Gasteiger charge is 2.30. The summed E-state index contributed by atoms with van der Waals surface area (Å²) in [5.41, 5.74) is 6.82. The standard InChI is InChI=1S/C12H19N3O/c13-8-12(6-1-7-14-9-12)15-10-2-4-11(16)5-3-10/h2-5,14-16H,1,6-9,13H2. The van der Waals surface area contributed by atoms with E-state index in [1.54, 1.807) is 12.1 Å². The van der Waals surface area contributed by atoms with Crippen LogP contribution in [-0.4, -0.2) is 30.3 Å². The average Bonchev–Trinajstić information content (AvgIpc) is 2.33. The fraction of sp³-hybridized carbons (Fsp3) is 0.500. The molecule has 1 atom stereocenters. The van der Waals surface area contributed by atoms with E-state index in [9.17, 15) is 5.11 Å². The summed E-state index contributed by atoms with van der Waals surface area (Å²) in [5, 5.41) is 16.1. The molecule has 1 aromatic carbocycles. The number of phenols is 1. The summed E-state index contributed by atoms with van der Waals surface area (Å²) in [5.74, 6) is 0.286. The molecule has 1 unspecified atom stereocenters. The number of phenolic OH excluding ortho intramolecular Hbond substituents is 1. The van der Waals surface area contributed by atoms with Crippen LogP contribution in [0.4, 0.5) is 5.69 Å². The SMILES string of the molecule is NCC1(Nc2ccc(O)cc2)CCCNC1. The van der Waals surface area contributed by atoms with Crippen LogP contribution in [0, 0.1) is 0 Å². The highest BCUT2D eigenvalue weighted by atomic mass is 16.3. The number of piperidine rings is 1. The zero-order valence-corrected chi connectivity index (χ0v) is 9.37. The number of nitrogens with one attached hydrogen (secondary N) is 2. The van der Waals surface area contributed by atoms with Crippen LogP contribution < -0.4 is 16.4 Å². The minimum atomic E-state index is -0.0464. The van der Waals surface area contributed by atoms with Crippen molar-refractivity contribution < 1.29 is 5.11 Å². The van der Waals surface area contributed by atoms with Gasteiger partial charge in [0.15, 0.2) is 0 Å². The van der Waals surface area contributed by atoms with Crippen LogP contribution in [0.1, 0.15) is 12.8 Å². The van der Waals surface area contributed by atoms with E-state index in [0.29, 0.717) is 6.54 Å². The van der Waals surface area contributed by atoms with Gasteiger partial charge >= 0.3 is 0 Å². The molecule has 88 valence electrons. The first-order valence-electron chi connectivity index (χ1n) is 5.72. The number of benzene rings is 1. The summed E-state index contributed by atoms with van der Waals surface area (Å²) in [6.45, 7) is 2.57. The maximum atomic E-state index is 9.22.